The molecule has 0 radical (unpaired) electrons. The van der Waals surface area contributed by atoms with E-state index in [1.165, 1.54) is 83.5 Å². The lowest BCUT2D eigenvalue weighted by Crippen LogP contribution is -2.66. The van der Waals surface area contributed by atoms with Gasteiger partial charge in [-0.1, -0.05) is 194 Å². The summed E-state index contributed by atoms with van der Waals surface area (Å²) >= 11 is 0. The highest BCUT2D eigenvalue weighted by Gasteiger charge is 2.52. The molecule has 1 unspecified atom stereocenters. The second kappa shape index (κ2) is 38.3. The van der Waals surface area contributed by atoms with E-state index in [4.69, 9.17) is 18.7 Å². The Bertz CT molecular complexity index is 1230. The highest BCUT2D eigenvalue weighted by Crippen LogP contribution is 2.42. The summed E-state index contributed by atoms with van der Waals surface area (Å²) in [5, 5.41) is 33.7. The lowest BCUT2D eigenvalue weighted by Gasteiger charge is -2.44. The number of aliphatic hydroxyl groups excluding tert-OH is 3. The average molecular weight is 940 g/mol. The van der Waals surface area contributed by atoms with E-state index in [0.29, 0.717) is 25.7 Å². The molecule has 0 bridgehead atoms. The molecule has 1 amide bonds. The van der Waals surface area contributed by atoms with E-state index in [1.807, 2.05) is 0 Å². The minimum absolute atomic E-state index is 0.0125. The Morgan fingerprint density at radius 2 is 1.06 bits per heavy atom. The van der Waals surface area contributed by atoms with Gasteiger partial charge >= 0.3 is 19.8 Å². The van der Waals surface area contributed by atoms with Crippen molar-refractivity contribution in [3.05, 3.63) is 0 Å². The molecule has 1 fully saturated rings. The molecule has 0 saturated carbocycles. The molecule has 8 atom stereocenters. The lowest BCUT2D eigenvalue weighted by molar-refractivity contribution is -0.256. The fraction of sp³-hybridized carbons (Fsp3) is 0.938. The van der Waals surface area contributed by atoms with Gasteiger partial charge in [0.2, 0.25) is 6.17 Å². The Morgan fingerprint density at radius 3 is 1.50 bits per heavy atom. The first-order valence-corrected chi connectivity index (χ1v) is 27.0. The summed E-state index contributed by atoms with van der Waals surface area (Å²) in [6, 6.07) is -1.84. The van der Waals surface area contributed by atoms with E-state index in [-0.39, 0.29) is 12.8 Å². The molecule has 14 nitrogen and oxygen atoms in total. The van der Waals surface area contributed by atoms with Crippen molar-refractivity contribution in [3.63, 3.8) is 0 Å². The average Bonchev–Trinajstić information content (AvgIpc) is 3.25. The van der Waals surface area contributed by atoms with Crippen LogP contribution >= 0.6 is 7.82 Å². The molecule has 1 aliphatic rings. The number of phosphoric ester groups is 1. The number of hydrogen-bond donors (Lipinski definition) is 6. The van der Waals surface area contributed by atoms with Gasteiger partial charge in [-0.15, -0.1) is 0 Å². The molecular weight excluding hydrogens is 848 g/mol. The monoisotopic (exact) mass is 940 g/mol. The van der Waals surface area contributed by atoms with Crippen LogP contribution in [0.3, 0.4) is 0 Å². The minimum atomic E-state index is -5.38. The van der Waals surface area contributed by atoms with Crippen LogP contribution in [0.4, 0.5) is 4.39 Å². The molecule has 0 aromatic carbocycles. The molecule has 0 aromatic heterocycles. The van der Waals surface area contributed by atoms with Gasteiger partial charge in [-0.05, 0) is 25.7 Å². The predicted octanol–water partition coefficient (Wildman–Crippen LogP) is 10.1. The van der Waals surface area contributed by atoms with Crippen LogP contribution in [0.5, 0.6) is 0 Å². The van der Waals surface area contributed by atoms with Crippen LogP contribution in [0, 0.1) is 0 Å². The van der Waals surface area contributed by atoms with Gasteiger partial charge in [0.1, 0.15) is 24.4 Å². The van der Waals surface area contributed by atoms with Crippen LogP contribution in [0.1, 0.15) is 233 Å². The first-order chi connectivity index (χ1) is 30.8. The van der Waals surface area contributed by atoms with Crippen LogP contribution in [0.2, 0.25) is 0 Å². The number of alkyl halides is 1. The topological polar surface area (TPSA) is 218 Å². The quantitative estimate of drug-likeness (QED) is 0.0191. The van der Waals surface area contributed by atoms with Gasteiger partial charge in [0.25, 0.3) is 5.91 Å². The largest absolute Gasteiger partial charge is 0.470 e. The number of rotatable bonds is 42. The summed E-state index contributed by atoms with van der Waals surface area (Å²) in [7, 11) is -5.38. The van der Waals surface area contributed by atoms with E-state index in [9.17, 15) is 44.1 Å². The van der Waals surface area contributed by atoms with E-state index in [1.54, 1.807) is 0 Å². The number of nitrogens with one attached hydrogen (secondary N) is 1. The Labute approximate surface area is 385 Å². The maximum atomic E-state index is 15.4. The van der Waals surface area contributed by atoms with Gasteiger partial charge in [0.15, 0.2) is 12.4 Å². The standard InChI is InChI=1S/C48H91FNO13P/c1-4-7-10-13-16-19-20-23-26-29-32-35-41(53)60-38(33-30-27-24-21-17-14-11-8-5-2)36-42(54)62-46-44(48(56)61-40(37-51)45(46)63-64(57,58)59)50-47(55)43(49)39(52)34-31-28-25-22-18-15-12-9-6-3/h38-40,43-46,48,51-52,56H,4-37H2,1-3H3,(H,50,55)(H2,57,58,59)/t38-,39+,40-,43-,44-,45-,46-,48?/m1/s1. The number of phosphoric acid groups is 1. The van der Waals surface area contributed by atoms with Crippen LogP contribution in [0.25, 0.3) is 0 Å². The Kier molecular flexibility index (Phi) is 36.1. The summed E-state index contributed by atoms with van der Waals surface area (Å²) < 4.78 is 49.2. The molecule has 6 N–H and O–H groups in total. The van der Waals surface area contributed by atoms with Crippen LogP contribution in [-0.4, -0.2) is 98.6 Å². The first-order valence-electron chi connectivity index (χ1n) is 25.5. The maximum Gasteiger partial charge on any atom is 0.470 e. The molecule has 1 aliphatic heterocycles. The molecule has 1 rings (SSSR count). The Hall–Kier alpha value is -1.71. The molecule has 1 saturated heterocycles. The number of esters is 2. The maximum absolute atomic E-state index is 15.4. The van der Waals surface area contributed by atoms with E-state index < -0.39 is 87.7 Å². The molecule has 64 heavy (non-hydrogen) atoms. The number of ether oxygens (including phenoxy) is 3. The number of hydrogen-bond acceptors (Lipinski definition) is 11. The summed E-state index contributed by atoms with van der Waals surface area (Å²) in [6.07, 6.45) is 18.2. The second-order valence-electron chi connectivity index (χ2n) is 18.1. The first kappa shape index (κ1) is 60.3. The molecule has 0 spiro atoms. The predicted molar refractivity (Wildman–Crippen MR) is 247 cm³/mol. The van der Waals surface area contributed by atoms with Crippen molar-refractivity contribution < 1.29 is 67.2 Å². The summed E-state index contributed by atoms with van der Waals surface area (Å²) in [5.41, 5.74) is 0. The third kappa shape index (κ3) is 29.8. The third-order valence-electron chi connectivity index (χ3n) is 12.2. The van der Waals surface area contributed by atoms with E-state index in [2.05, 4.69) is 26.1 Å². The van der Waals surface area contributed by atoms with Crippen LogP contribution < -0.4 is 5.32 Å². The highest BCUT2D eigenvalue weighted by molar-refractivity contribution is 7.46. The van der Waals surface area contributed by atoms with Crippen molar-refractivity contribution in [3.8, 4) is 0 Å². The Balaban J connectivity index is 3.00. The van der Waals surface area contributed by atoms with Crippen molar-refractivity contribution in [2.45, 2.75) is 282 Å². The van der Waals surface area contributed by atoms with Gasteiger partial charge in [0, 0.05) is 6.42 Å². The van der Waals surface area contributed by atoms with Crippen molar-refractivity contribution in [1.82, 2.24) is 5.32 Å². The summed E-state index contributed by atoms with van der Waals surface area (Å²) in [5.74, 6) is -2.86. The lowest BCUT2D eigenvalue weighted by atomic mass is 9.96. The van der Waals surface area contributed by atoms with E-state index >= 15 is 4.39 Å². The normalized spacial score (nSPS) is 20.4. The van der Waals surface area contributed by atoms with Crippen molar-refractivity contribution in [2.24, 2.45) is 0 Å². The molecule has 0 aromatic rings. The van der Waals surface area contributed by atoms with Gasteiger partial charge in [-0.25, -0.2) is 8.96 Å². The highest BCUT2D eigenvalue weighted by atomic mass is 31.2. The van der Waals surface area contributed by atoms with Gasteiger partial charge in [-0.2, -0.15) is 0 Å². The molecular formula is C48H91FNO13P. The number of carbonyl (C=O) groups is 3. The van der Waals surface area contributed by atoms with Crippen LogP contribution in [0.15, 0.2) is 0 Å². The fourth-order valence-corrected chi connectivity index (χ4v) is 8.90. The third-order valence-corrected chi connectivity index (χ3v) is 12.7. The number of amides is 1. The number of unbranched alkanes of at least 4 members (excludes halogenated alkanes) is 26. The zero-order chi connectivity index (χ0) is 47.4. The second-order valence-corrected chi connectivity index (χ2v) is 19.3. The Morgan fingerprint density at radius 1 is 0.641 bits per heavy atom. The number of halogens is 1. The zero-order valence-electron chi connectivity index (χ0n) is 40.0. The van der Waals surface area contributed by atoms with Crippen molar-refractivity contribution in [2.75, 3.05) is 6.61 Å². The molecule has 16 heteroatoms. The molecule has 0 aliphatic carbocycles. The molecule has 378 valence electrons. The SMILES string of the molecule is CCCCCCCCCCCCCC(=O)O[C@H](CCCCCCCCCCC)CC(=O)O[C@H]1[C@H](OP(=O)(O)O)[C@@H](CO)OC(O)[C@@H]1NC(=O)[C@H](F)[C@@H](O)CCCCCCCCCCC. The summed E-state index contributed by atoms with van der Waals surface area (Å²) in [4.78, 5) is 59.4. The van der Waals surface area contributed by atoms with Crippen molar-refractivity contribution in [1.29, 1.82) is 0 Å². The van der Waals surface area contributed by atoms with Gasteiger partial charge in [-0.3, -0.25) is 18.9 Å². The minimum Gasteiger partial charge on any atom is -0.462 e. The number of carbonyl (C=O) groups excluding carboxylic acids is 3. The molecule has 1 heterocycles. The smallest absolute Gasteiger partial charge is 0.462 e. The van der Waals surface area contributed by atoms with Crippen molar-refractivity contribution >= 4 is 25.7 Å². The van der Waals surface area contributed by atoms with Crippen LogP contribution in [-0.2, 0) is 37.7 Å². The zero-order valence-corrected chi connectivity index (χ0v) is 40.9. The van der Waals surface area contributed by atoms with Gasteiger partial charge < -0.3 is 44.6 Å². The summed E-state index contributed by atoms with van der Waals surface area (Å²) in [6.45, 7) is 5.59. The fourth-order valence-electron chi connectivity index (χ4n) is 8.33. The van der Waals surface area contributed by atoms with Gasteiger partial charge in [0.05, 0.1) is 19.1 Å². The van der Waals surface area contributed by atoms with E-state index in [0.717, 1.165) is 83.5 Å². The number of aliphatic hydroxyl groups is 3.